The molecule has 0 aromatic heterocycles. The SMILES string of the molecule is CC1=CCC[C@H]2[C@](C)(CC3=CC(=O)C(SC4CC[C@@]5(C)C(=CC[C@H]6[C@@H]7CC[C@H]([C@H](C)CCCC(C)C)[C@@]7(C)CC[C@@H]65)C4)=CC3=O)[C@@H](C)CC[C@]12C. The molecule has 51 heavy (non-hydrogen) atoms. The van der Waals surface area contributed by atoms with Crippen LogP contribution < -0.4 is 0 Å². The van der Waals surface area contributed by atoms with E-state index in [0.717, 1.165) is 66.8 Å². The van der Waals surface area contributed by atoms with Crippen LogP contribution in [-0.2, 0) is 9.59 Å². The van der Waals surface area contributed by atoms with Crippen molar-refractivity contribution in [1.82, 2.24) is 0 Å². The maximum atomic E-state index is 13.8. The molecule has 0 amide bonds. The third kappa shape index (κ3) is 6.50. The molecule has 7 aliphatic rings. The molecule has 0 N–H and O–H groups in total. The molecular weight excluding hydrogens is 641 g/mol. The number of allylic oxidation sites excluding steroid dienone is 8. The van der Waals surface area contributed by atoms with Gasteiger partial charge in [-0.3, -0.25) is 9.59 Å². The minimum absolute atomic E-state index is 0.0313. The van der Waals surface area contributed by atoms with Gasteiger partial charge in [0.05, 0.1) is 4.91 Å². The molecular formula is C48H72O2S. The van der Waals surface area contributed by atoms with Crippen LogP contribution in [0.2, 0.25) is 0 Å². The highest BCUT2D eigenvalue weighted by atomic mass is 32.2. The molecule has 0 aliphatic heterocycles. The highest BCUT2D eigenvalue weighted by molar-refractivity contribution is 8.04. The Bertz CT molecular complexity index is 1510. The van der Waals surface area contributed by atoms with Gasteiger partial charge in [-0.2, -0.15) is 0 Å². The molecule has 0 heterocycles. The number of fused-ring (bicyclic) bond motifs is 6. The largest absolute Gasteiger partial charge is 0.290 e. The summed E-state index contributed by atoms with van der Waals surface area (Å²) in [6.45, 7) is 22.3. The fourth-order valence-electron chi connectivity index (χ4n) is 14.4. The molecule has 7 rings (SSSR count). The van der Waals surface area contributed by atoms with E-state index in [-0.39, 0.29) is 22.4 Å². The van der Waals surface area contributed by atoms with Crippen molar-refractivity contribution in [2.24, 2.45) is 69.0 Å². The first-order valence-electron chi connectivity index (χ1n) is 21.6. The summed E-state index contributed by atoms with van der Waals surface area (Å²) in [6, 6.07) is 0. The molecule has 7 aliphatic carbocycles. The Labute approximate surface area is 317 Å². The van der Waals surface area contributed by atoms with Crippen LogP contribution in [0.4, 0.5) is 0 Å². The topological polar surface area (TPSA) is 34.1 Å². The quantitative estimate of drug-likeness (QED) is 0.176. The lowest BCUT2D eigenvalue weighted by Gasteiger charge is -2.58. The summed E-state index contributed by atoms with van der Waals surface area (Å²) >= 11 is 1.73. The lowest BCUT2D eigenvalue weighted by Crippen LogP contribution is -2.50. The van der Waals surface area contributed by atoms with E-state index < -0.39 is 0 Å². The number of carbonyl (C=O) groups excluding carboxylic acids is 2. The summed E-state index contributed by atoms with van der Waals surface area (Å²) < 4.78 is 0. The zero-order chi connectivity index (χ0) is 36.5. The van der Waals surface area contributed by atoms with Gasteiger partial charge in [-0.05, 0) is 165 Å². The lowest BCUT2D eigenvalue weighted by molar-refractivity contribution is -0.115. The average molecular weight is 713 g/mol. The van der Waals surface area contributed by atoms with Crippen molar-refractivity contribution in [1.29, 1.82) is 0 Å². The van der Waals surface area contributed by atoms with Crippen molar-refractivity contribution in [3.8, 4) is 0 Å². The van der Waals surface area contributed by atoms with Crippen LogP contribution in [-0.4, -0.2) is 16.8 Å². The smallest absolute Gasteiger partial charge is 0.192 e. The van der Waals surface area contributed by atoms with Crippen LogP contribution >= 0.6 is 11.8 Å². The van der Waals surface area contributed by atoms with Crippen molar-refractivity contribution < 1.29 is 9.59 Å². The van der Waals surface area contributed by atoms with Gasteiger partial charge >= 0.3 is 0 Å². The molecule has 0 spiro atoms. The highest BCUT2D eigenvalue weighted by Crippen LogP contribution is 2.68. The van der Waals surface area contributed by atoms with Gasteiger partial charge in [-0.25, -0.2) is 0 Å². The summed E-state index contributed by atoms with van der Waals surface area (Å²) in [4.78, 5) is 28.2. The first-order chi connectivity index (χ1) is 24.1. The predicted molar refractivity (Wildman–Crippen MR) is 216 cm³/mol. The van der Waals surface area contributed by atoms with Crippen LogP contribution in [0.25, 0.3) is 0 Å². The number of ketones is 2. The lowest BCUT2D eigenvalue weighted by atomic mass is 9.46. The standard InChI is InChI=1S/C48H72O2S/c1-30(2)12-10-13-31(3)38-18-19-39-37-17-16-35-27-36(21-24-46(35,7)40(37)22-25-47(38,39)8)51-43-28-41(49)34(26-42(43)50)29-48(9)33(5)20-23-45(6)32(4)14-11-15-44(45)48/h14,16,26,28,30-31,33,36-40,44H,10-13,15,17-25,27,29H2,1-9H3/t31-,33+,36?,37+,38-,39+,40+,44-,45-,46+,47-,48-/m1/s1. The van der Waals surface area contributed by atoms with Crippen LogP contribution in [0.3, 0.4) is 0 Å². The van der Waals surface area contributed by atoms with Crippen molar-refractivity contribution in [3.05, 3.63) is 45.9 Å². The third-order valence-corrected chi connectivity index (χ3v) is 19.2. The maximum absolute atomic E-state index is 13.8. The monoisotopic (exact) mass is 713 g/mol. The minimum atomic E-state index is 0.0313. The van der Waals surface area contributed by atoms with E-state index in [1.807, 2.05) is 0 Å². The van der Waals surface area contributed by atoms with Crippen LogP contribution in [0, 0.1) is 69.0 Å². The zero-order valence-electron chi connectivity index (χ0n) is 34.0. The Hall–Kier alpha value is -1.35. The second kappa shape index (κ2) is 14.1. The number of hydrogen-bond acceptors (Lipinski definition) is 3. The molecule has 282 valence electrons. The summed E-state index contributed by atoms with van der Waals surface area (Å²) in [7, 11) is 0. The molecule has 0 bridgehead atoms. The van der Waals surface area contributed by atoms with E-state index >= 15 is 0 Å². The Morgan fingerprint density at radius 2 is 1.59 bits per heavy atom. The zero-order valence-corrected chi connectivity index (χ0v) is 34.9. The van der Waals surface area contributed by atoms with Crippen molar-refractivity contribution in [2.45, 2.75) is 170 Å². The Balaban J connectivity index is 0.994. The minimum Gasteiger partial charge on any atom is -0.290 e. The molecule has 1 unspecified atom stereocenters. The first kappa shape index (κ1) is 37.9. The van der Waals surface area contributed by atoms with Crippen molar-refractivity contribution >= 4 is 23.3 Å². The van der Waals surface area contributed by atoms with Gasteiger partial charge in [-0.1, -0.05) is 98.0 Å². The Morgan fingerprint density at radius 1 is 0.824 bits per heavy atom. The molecule has 4 fully saturated rings. The number of carbonyl (C=O) groups is 2. The summed E-state index contributed by atoms with van der Waals surface area (Å²) in [6.07, 6.45) is 28.8. The molecule has 4 saturated carbocycles. The molecule has 0 aromatic rings. The van der Waals surface area contributed by atoms with Crippen LogP contribution in [0.5, 0.6) is 0 Å². The molecule has 12 atom stereocenters. The van der Waals surface area contributed by atoms with Crippen LogP contribution in [0.15, 0.2) is 45.9 Å². The van der Waals surface area contributed by atoms with Gasteiger partial charge in [-0.15, -0.1) is 11.8 Å². The highest BCUT2D eigenvalue weighted by Gasteiger charge is 2.59. The molecule has 0 aromatic carbocycles. The third-order valence-electron chi connectivity index (χ3n) is 17.8. The number of rotatable bonds is 9. The van der Waals surface area contributed by atoms with E-state index in [4.69, 9.17) is 0 Å². The predicted octanol–water partition coefficient (Wildman–Crippen LogP) is 13.3. The number of hydrogen-bond donors (Lipinski definition) is 0. The van der Waals surface area contributed by atoms with Gasteiger partial charge in [0.15, 0.2) is 11.6 Å². The average Bonchev–Trinajstić information content (AvgIpc) is 3.44. The second-order valence-corrected chi connectivity index (χ2v) is 22.1. The van der Waals surface area contributed by atoms with Gasteiger partial charge in [0.1, 0.15) is 0 Å². The summed E-state index contributed by atoms with van der Waals surface area (Å²) in [5.41, 5.74) is 5.05. The van der Waals surface area contributed by atoms with E-state index in [2.05, 4.69) is 74.5 Å². The Morgan fingerprint density at radius 3 is 2.35 bits per heavy atom. The van der Waals surface area contributed by atoms with E-state index in [1.165, 1.54) is 82.6 Å². The molecule has 0 saturated heterocycles. The summed E-state index contributed by atoms with van der Waals surface area (Å²) in [5.74, 6) is 6.40. The van der Waals surface area contributed by atoms with E-state index in [1.54, 1.807) is 29.5 Å². The molecule has 2 nitrogen and oxygen atoms in total. The van der Waals surface area contributed by atoms with Crippen LogP contribution in [0.1, 0.15) is 165 Å². The normalized spacial score (nSPS) is 44.4. The fraction of sp³-hybridized carbons (Fsp3) is 0.792. The Kier molecular flexibility index (Phi) is 10.5. The van der Waals surface area contributed by atoms with Crippen molar-refractivity contribution in [3.63, 3.8) is 0 Å². The van der Waals surface area contributed by atoms with E-state index in [0.29, 0.717) is 32.8 Å². The van der Waals surface area contributed by atoms with Gasteiger partial charge < -0.3 is 0 Å². The first-order valence-corrected chi connectivity index (χ1v) is 22.5. The number of thioether (sulfide) groups is 1. The van der Waals surface area contributed by atoms with Crippen molar-refractivity contribution in [2.75, 3.05) is 0 Å². The molecule has 0 radical (unpaired) electrons. The molecule has 3 heteroatoms. The van der Waals surface area contributed by atoms with Gasteiger partial charge in [0.2, 0.25) is 0 Å². The fourth-order valence-corrected chi connectivity index (χ4v) is 15.6. The van der Waals surface area contributed by atoms with Gasteiger partial charge in [0.25, 0.3) is 0 Å². The summed E-state index contributed by atoms with van der Waals surface area (Å²) in [5, 5.41) is 0.392. The van der Waals surface area contributed by atoms with Gasteiger partial charge in [0, 0.05) is 16.9 Å². The second-order valence-electron chi connectivity index (χ2n) is 20.7. The maximum Gasteiger partial charge on any atom is 0.192 e. The van der Waals surface area contributed by atoms with E-state index in [9.17, 15) is 9.59 Å².